The molecule has 10 nitrogen and oxygen atoms in total. The molecule has 1 atom stereocenters. The zero-order valence-electron chi connectivity index (χ0n) is 20.3. The van der Waals surface area contributed by atoms with Crippen LogP contribution in [0.25, 0.3) is 11.3 Å². The van der Waals surface area contributed by atoms with Gasteiger partial charge in [0.25, 0.3) is 5.91 Å². The smallest absolute Gasteiger partial charge is 0.251 e. The van der Waals surface area contributed by atoms with Gasteiger partial charge in [0, 0.05) is 68.2 Å². The van der Waals surface area contributed by atoms with Gasteiger partial charge in [0.1, 0.15) is 0 Å². The molecule has 3 aromatic rings. The van der Waals surface area contributed by atoms with Crippen molar-refractivity contribution in [1.82, 2.24) is 25.1 Å². The van der Waals surface area contributed by atoms with E-state index in [4.69, 9.17) is 15.2 Å². The molecule has 2 aliphatic rings. The number of carbonyl (C=O) groups is 1. The number of nitrogens with zero attached hydrogens (tertiary/aromatic N) is 4. The summed E-state index contributed by atoms with van der Waals surface area (Å²) in [5, 5.41) is 10.9. The maximum absolute atomic E-state index is 12.5. The summed E-state index contributed by atoms with van der Waals surface area (Å²) in [4.78, 5) is 21.6. The van der Waals surface area contributed by atoms with E-state index in [-0.39, 0.29) is 18.0 Å². The van der Waals surface area contributed by atoms with E-state index in [2.05, 4.69) is 25.7 Å². The molecule has 0 spiro atoms. The molecule has 1 unspecified atom stereocenters. The van der Waals surface area contributed by atoms with Crippen LogP contribution < -0.4 is 16.4 Å². The molecule has 2 saturated heterocycles. The second-order valence-corrected chi connectivity index (χ2v) is 9.29. The summed E-state index contributed by atoms with van der Waals surface area (Å²) in [7, 11) is 0. The van der Waals surface area contributed by atoms with Gasteiger partial charge in [-0.2, -0.15) is 5.10 Å². The van der Waals surface area contributed by atoms with Gasteiger partial charge in [-0.25, -0.2) is 9.97 Å². The Kier molecular flexibility index (Phi) is 7.85. The molecule has 1 aromatic carbocycles. The largest absolute Gasteiger partial charge is 0.381 e. The number of anilines is 2. The number of rotatable bonds is 8. The molecule has 0 aliphatic carbocycles. The van der Waals surface area contributed by atoms with Crippen LogP contribution >= 0.6 is 0 Å². The van der Waals surface area contributed by atoms with Crippen molar-refractivity contribution in [2.24, 2.45) is 11.7 Å². The van der Waals surface area contributed by atoms with Crippen LogP contribution in [0.3, 0.4) is 0 Å². The van der Waals surface area contributed by atoms with Gasteiger partial charge in [0.2, 0.25) is 5.95 Å². The third-order valence-electron chi connectivity index (χ3n) is 6.90. The summed E-state index contributed by atoms with van der Waals surface area (Å²) in [6.45, 7) is 3.47. The summed E-state index contributed by atoms with van der Waals surface area (Å²) in [5.41, 5.74) is 9.20. The molecule has 1 amide bonds. The van der Waals surface area contributed by atoms with E-state index in [1.807, 2.05) is 35.3 Å². The van der Waals surface area contributed by atoms with Crippen molar-refractivity contribution in [2.75, 3.05) is 38.3 Å². The molecule has 4 heterocycles. The van der Waals surface area contributed by atoms with E-state index >= 15 is 0 Å². The highest BCUT2D eigenvalue weighted by molar-refractivity contribution is 5.94. The highest BCUT2D eigenvalue weighted by atomic mass is 16.5. The van der Waals surface area contributed by atoms with Crippen LogP contribution in [0.15, 0.2) is 48.9 Å². The lowest BCUT2D eigenvalue weighted by atomic mass is 9.92. The molecule has 4 N–H and O–H groups in total. The molecule has 5 rings (SSSR count). The Bertz CT molecular complexity index is 1140. The predicted molar refractivity (Wildman–Crippen MR) is 136 cm³/mol. The Labute approximate surface area is 210 Å². The maximum Gasteiger partial charge on any atom is 0.251 e. The normalized spacial score (nSPS) is 18.0. The van der Waals surface area contributed by atoms with E-state index < -0.39 is 0 Å². The summed E-state index contributed by atoms with van der Waals surface area (Å²) in [6, 6.07) is 9.48. The van der Waals surface area contributed by atoms with Gasteiger partial charge in [-0.05, 0) is 61.9 Å². The first-order chi connectivity index (χ1) is 17.7. The monoisotopic (exact) mass is 491 g/mol. The van der Waals surface area contributed by atoms with Crippen LogP contribution in [0, 0.1) is 5.92 Å². The Hall–Kier alpha value is -3.34. The molecule has 10 heteroatoms. The quantitative estimate of drug-likeness (QED) is 0.439. The van der Waals surface area contributed by atoms with Crippen molar-refractivity contribution < 1.29 is 14.3 Å². The summed E-state index contributed by atoms with van der Waals surface area (Å²) in [6.07, 6.45) is 9.23. The van der Waals surface area contributed by atoms with Crippen LogP contribution in [0.1, 0.15) is 42.1 Å². The second kappa shape index (κ2) is 11.6. The average molecular weight is 492 g/mol. The van der Waals surface area contributed by atoms with E-state index in [9.17, 15) is 4.79 Å². The van der Waals surface area contributed by atoms with Crippen LogP contribution in [-0.4, -0.2) is 64.7 Å². The van der Waals surface area contributed by atoms with Crippen LogP contribution in [-0.2, 0) is 9.47 Å². The number of nitrogens with two attached hydrogens (primary N) is 1. The first-order valence-corrected chi connectivity index (χ1v) is 12.6. The number of amides is 1. The fourth-order valence-corrected chi connectivity index (χ4v) is 4.79. The average Bonchev–Trinajstić information content (AvgIpc) is 3.41. The topological polar surface area (TPSA) is 129 Å². The summed E-state index contributed by atoms with van der Waals surface area (Å²) in [5.74, 6) is 0.862. The zero-order valence-corrected chi connectivity index (χ0v) is 20.3. The standard InChI is InChI=1S/C26H33N7O3/c27-15-24(18-6-11-35-12-7-18)33-17-20(16-29-33)23-5-10-28-26(32-23)31-21-3-1-19(2-4-21)25(34)30-22-8-13-36-14-9-22/h1-5,10,16-18,22,24H,6-9,11-15,27H2,(H,30,34)(H,28,31,32). The third kappa shape index (κ3) is 5.89. The Balaban J connectivity index is 1.23. The molecule has 0 radical (unpaired) electrons. The molecular formula is C26H33N7O3. The summed E-state index contributed by atoms with van der Waals surface area (Å²) >= 11 is 0. The fraction of sp³-hybridized carbons (Fsp3) is 0.462. The maximum atomic E-state index is 12.5. The van der Waals surface area contributed by atoms with Crippen molar-refractivity contribution in [2.45, 2.75) is 37.8 Å². The Morgan fingerprint density at radius 2 is 1.78 bits per heavy atom. The van der Waals surface area contributed by atoms with Gasteiger partial charge in [-0.15, -0.1) is 0 Å². The van der Waals surface area contributed by atoms with Crippen molar-refractivity contribution in [3.63, 3.8) is 0 Å². The van der Waals surface area contributed by atoms with Crippen molar-refractivity contribution in [3.05, 3.63) is 54.5 Å². The van der Waals surface area contributed by atoms with Crippen LogP contribution in [0.4, 0.5) is 11.6 Å². The SMILES string of the molecule is NCC(C1CCOCC1)n1cc(-c2ccnc(Nc3ccc(C(=O)NC4CCOCC4)cc3)n2)cn1. The first kappa shape index (κ1) is 24.4. The number of nitrogens with one attached hydrogen (secondary N) is 2. The summed E-state index contributed by atoms with van der Waals surface area (Å²) < 4.78 is 12.8. The first-order valence-electron chi connectivity index (χ1n) is 12.6. The molecule has 0 saturated carbocycles. The number of hydrogen-bond donors (Lipinski definition) is 3. The van der Waals surface area contributed by atoms with Gasteiger partial charge in [-0.3, -0.25) is 9.48 Å². The van der Waals surface area contributed by atoms with E-state index in [1.165, 1.54) is 0 Å². The van der Waals surface area contributed by atoms with Crippen molar-refractivity contribution in [3.8, 4) is 11.3 Å². The Morgan fingerprint density at radius 3 is 2.50 bits per heavy atom. The van der Waals surface area contributed by atoms with E-state index in [0.29, 0.717) is 37.2 Å². The molecule has 36 heavy (non-hydrogen) atoms. The van der Waals surface area contributed by atoms with Crippen LogP contribution in [0.5, 0.6) is 0 Å². The fourth-order valence-electron chi connectivity index (χ4n) is 4.79. The van der Waals surface area contributed by atoms with Gasteiger partial charge in [0.15, 0.2) is 0 Å². The molecule has 190 valence electrons. The highest BCUT2D eigenvalue weighted by Crippen LogP contribution is 2.28. The number of benzene rings is 1. The van der Waals surface area contributed by atoms with E-state index in [0.717, 1.165) is 55.8 Å². The molecule has 2 fully saturated rings. The molecule has 2 aromatic heterocycles. The predicted octanol–water partition coefficient (Wildman–Crippen LogP) is 2.92. The molecule has 2 aliphatic heterocycles. The third-order valence-corrected chi connectivity index (χ3v) is 6.90. The van der Waals surface area contributed by atoms with E-state index in [1.54, 1.807) is 18.3 Å². The number of ether oxygens (including phenoxy) is 2. The lowest BCUT2D eigenvalue weighted by Gasteiger charge is -2.29. The van der Waals surface area contributed by atoms with Crippen LogP contribution in [0.2, 0.25) is 0 Å². The minimum absolute atomic E-state index is 0.0692. The Morgan fingerprint density at radius 1 is 1.06 bits per heavy atom. The second-order valence-electron chi connectivity index (χ2n) is 9.29. The van der Waals surface area contributed by atoms with Crippen molar-refractivity contribution >= 4 is 17.5 Å². The molecular weight excluding hydrogens is 458 g/mol. The highest BCUT2D eigenvalue weighted by Gasteiger charge is 2.25. The van der Waals surface area contributed by atoms with Gasteiger partial charge in [0.05, 0.1) is 17.9 Å². The van der Waals surface area contributed by atoms with Gasteiger partial charge >= 0.3 is 0 Å². The van der Waals surface area contributed by atoms with Gasteiger partial charge < -0.3 is 25.8 Å². The number of aromatic nitrogens is 4. The molecule has 0 bridgehead atoms. The lowest BCUT2D eigenvalue weighted by molar-refractivity contribution is 0.0480. The zero-order chi connectivity index (χ0) is 24.7. The lowest BCUT2D eigenvalue weighted by Crippen LogP contribution is -2.38. The van der Waals surface area contributed by atoms with Crippen molar-refractivity contribution in [1.29, 1.82) is 0 Å². The minimum atomic E-state index is -0.0692. The number of hydrogen-bond acceptors (Lipinski definition) is 8. The van der Waals surface area contributed by atoms with Gasteiger partial charge in [-0.1, -0.05) is 0 Å². The minimum Gasteiger partial charge on any atom is -0.381 e. The number of carbonyl (C=O) groups excluding carboxylic acids is 1.